The van der Waals surface area contributed by atoms with E-state index in [0.29, 0.717) is 6.04 Å². The number of benzene rings is 1. The molecule has 0 unspecified atom stereocenters. The Hall–Kier alpha value is -1.32. The second kappa shape index (κ2) is 6.63. The molecule has 0 amide bonds. The first-order valence-electron chi connectivity index (χ1n) is 8.33. The second-order valence-electron chi connectivity index (χ2n) is 6.15. The van der Waals surface area contributed by atoms with Gasteiger partial charge < -0.3 is 10.3 Å². The minimum Gasteiger partial charge on any atom is -0.358 e. The van der Waals surface area contributed by atoms with Gasteiger partial charge in [0.2, 0.25) is 0 Å². The Morgan fingerprint density at radius 2 is 1.95 bits per heavy atom. The average molecular weight is 285 g/mol. The molecule has 0 radical (unpaired) electrons. The Bertz CT molecular complexity index is 581. The first-order valence-corrected chi connectivity index (χ1v) is 8.33. The van der Waals surface area contributed by atoms with Crippen LogP contribution in [0.3, 0.4) is 0 Å². The third-order valence-corrected chi connectivity index (χ3v) is 4.70. The van der Waals surface area contributed by atoms with Crippen LogP contribution in [0, 0.1) is 6.92 Å². The average Bonchev–Trinajstić information content (AvgIpc) is 2.85. The molecule has 3 rings (SSSR count). The van der Waals surface area contributed by atoms with Gasteiger partial charge in [-0.15, -0.1) is 0 Å². The molecule has 1 aliphatic heterocycles. The maximum atomic E-state index is 3.58. The SMILES string of the molecule is CCCC[C@@H](c1c(C)[nH]c2ccccc12)N1CCNCC1. The van der Waals surface area contributed by atoms with E-state index in [-0.39, 0.29) is 0 Å². The van der Waals surface area contributed by atoms with Crippen molar-refractivity contribution in [1.82, 2.24) is 15.2 Å². The molecule has 2 N–H and O–H groups in total. The van der Waals surface area contributed by atoms with Crippen LogP contribution in [0.5, 0.6) is 0 Å². The first-order chi connectivity index (χ1) is 10.3. The molecule has 0 aliphatic carbocycles. The number of fused-ring (bicyclic) bond motifs is 1. The number of para-hydroxylation sites is 1. The normalized spacial score (nSPS) is 18.2. The number of hydrogen-bond acceptors (Lipinski definition) is 2. The largest absolute Gasteiger partial charge is 0.358 e. The van der Waals surface area contributed by atoms with E-state index < -0.39 is 0 Å². The fraction of sp³-hybridized carbons (Fsp3) is 0.556. The van der Waals surface area contributed by atoms with Crippen molar-refractivity contribution in [1.29, 1.82) is 0 Å². The van der Waals surface area contributed by atoms with Crippen molar-refractivity contribution in [3.8, 4) is 0 Å². The van der Waals surface area contributed by atoms with E-state index in [0.717, 1.165) is 26.2 Å². The molecular formula is C18H27N3. The Kier molecular flexibility index (Phi) is 4.61. The van der Waals surface area contributed by atoms with Gasteiger partial charge in [0.05, 0.1) is 0 Å². The summed E-state index contributed by atoms with van der Waals surface area (Å²) in [5.74, 6) is 0. The van der Waals surface area contributed by atoms with Gasteiger partial charge in [-0.05, 0) is 25.0 Å². The number of unbranched alkanes of at least 4 members (excludes halogenated alkanes) is 1. The number of hydrogen-bond donors (Lipinski definition) is 2. The summed E-state index contributed by atoms with van der Waals surface area (Å²) in [5, 5.41) is 4.88. The van der Waals surface area contributed by atoms with Gasteiger partial charge >= 0.3 is 0 Å². The molecule has 2 aromatic rings. The number of nitrogens with one attached hydrogen (secondary N) is 2. The molecule has 1 aromatic carbocycles. The van der Waals surface area contributed by atoms with E-state index in [1.165, 1.54) is 41.4 Å². The quantitative estimate of drug-likeness (QED) is 0.879. The Morgan fingerprint density at radius 1 is 1.19 bits per heavy atom. The lowest BCUT2D eigenvalue weighted by atomic mass is 9.96. The van der Waals surface area contributed by atoms with Crippen LogP contribution in [-0.2, 0) is 0 Å². The molecule has 0 saturated carbocycles. The lowest BCUT2D eigenvalue weighted by molar-refractivity contribution is 0.163. The van der Waals surface area contributed by atoms with Gasteiger partial charge in [0.25, 0.3) is 0 Å². The number of nitrogens with zero attached hydrogens (tertiary/aromatic N) is 1. The van der Waals surface area contributed by atoms with Crippen molar-refractivity contribution in [2.24, 2.45) is 0 Å². The van der Waals surface area contributed by atoms with Crippen LogP contribution in [0.2, 0.25) is 0 Å². The minimum absolute atomic E-state index is 0.559. The van der Waals surface area contributed by atoms with E-state index in [2.05, 4.69) is 53.3 Å². The highest BCUT2D eigenvalue weighted by molar-refractivity contribution is 5.85. The lowest BCUT2D eigenvalue weighted by Gasteiger charge is -2.35. The smallest absolute Gasteiger partial charge is 0.0459 e. The van der Waals surface area contributed by atoms with Crippen LogP contribution < -0.4 is 5.32 Å². The molecule has 2 heterocycles. The van der Waals surface area contributed by atoms with Crippen molar-refractivity contribution in [2.75, 3.05) is 26.2 Å². The summed E-state index contributed by atoms with van der Waals surface area (Å²) in [6.07, 6.45) is 3.83. The molecule has 0 spiro atoms. The molecule has 3 heteroatoms. The molecule has 21 heavy (non-hydrogen) atoms. The highest BCUT2D eigenvalue weighted by Gasteiger charge is 2.25. The van der Waals surface area contributed by atoms with Gasteiger partial charge in [0.15, 0.2) is 0 Å². The van der Waals surface area contributed by atoms with Crippen molar-refractivity contribution in [3.05, 3.63) is 35.5 Å². The Balaban J connectivity index is 1.98. The molecular weight excluding hydrogens is 258 g/mol. The van der Waals surface area contributed by atoms with Gasteiger partial charge in [0.1, 0.15) is 0 Å². The summed E-state index contributed by atoms with van der Waals surface area (Å²) in [5.41, 5.74) is 4.15. The van der Waals surface area contributed by atoms with E-state index in [9.17, 15) is 0 Å². The van der Waals surface area contributed by atoms with Crippen LogP contribution >= 0.6 is 0 Å². The van der Waals surface area contributed by atoms with Crippen molar-refractivity contribution in [2.45, 2.75) is 39.2 Å². The zero-order valence-electron chi connectivity index (χ0n) is 13.3. The maximum Gasteiger partial charge on any atom is 0.0459 e. The molecule has 1 aromatic heterocycles. The van der Waals surface area contributed by atoms with Crippen LogP contribution in [0.4, 0.5) is 0 Å². The Morgan fingerprint density at radius 3 is 2.71 bits per heavy atom. The van der Waals surface area contributed by atoms with Crippen molar-refractivity contribution >= 4 is 10.9 Å². The lowest BCUT2D eigenvalue weighted by Crippen LogP contribution is -2.45. The van der Waals surface area contributed by atoms with Crippen LogP contribution in [0.15, 0.2) is 24.3 Å². The van der Waals surface area contributed by atoms with Gasteiger partial charge in [-0.1, -0.05) is 38.0 Å². The zero-order chi connectivity index (χ0) is 14.7. The summed E-state index contributed by atoms with van der Waals surface area (Å²) in [7, 11) is 0. The summed E-state index contributed by atoms with van der Waals surface area (Å²) >= 11 is 0. The second-order valence-corrected chi connectivity index (χ2v) is 6.15. The third kappa shape index (κ3) is 2.99. The van der Waals surface area contributed by atoms with E-state index >= 15 is 0 Å². The first kappa shape index (κ1) is 14.6. The number of aryl methyl sites for hydroxylation is 1. The zero-order valence-corrected chi connectivity index (χ0v) is 13.3. The molecule has 3 nitrogen and oxygen atoms in total. The fourth-order valence-corrected chi connectivity index (χ4v) is 3.63. The summed E-state index contributed by atoms with van der Waals surface area (Å²) in [6.45, 7) is 9.07. The van der Waals surface area contributed by atoms with Gasteiger partial charge in [-0.3, -0.25) is 4.90 Å². The summed E-state index contributed by atoms with van der Waals surface area (Å²) < 4.78 is 0. The molecule has 1 aliphatic rings. The number of aromatic amines is 1. The summed E-state index contributed by atoms with van der Waals surface area (Å²) in [4.78, 5) is 6.26. The van der Waals surface area contributed by atoms with Gasteiger partial charge in [0, 0.05) is 48.8 Å². The standard InChI is InChI=1S/C18H27N3/c1-3-4-9-17(21-12-10-19-11-13-21)18-14(2)20-16-8-6-5-7-15(16)18/h5-8,17,19-20H,3-4,9-13H2,1-2H3/t17-/m0/s1. The molecule has 1 saturated heterocycles. The minimum atomic E-state index is 0.559. The van der Waals surface area contributed by atoms with Crippen LogP contribution in [-0.4, -0.2) is 36.1 Å². The number of rotatable bonds is 5. The number of aromatic nitrogens is 1. The highest BCUT2D eigenvalue weighted by Crippen LogP contribution is 2.34. The predicted molar refractivity (Wildman–Crippen MR) is 89.7 cm³/mol. The van der Waals surface area contributed by atoms with Gasteiger partial charge in [-0.2, -0.15) is 0 Å². The molecule has 1 fully saturated rings. The monoisotopic (exact) mass is 285 g/mol. The molecule has 1 atom stereocenters. The topological polar surface area (TPSA) is 31.1 Å². The molecule has 0 bridgehead atoms. The van der Waals surface area contributed by atoms with Crippen LogP contribution in [0.25, 0.3) is 10.9 Å². The highest BCUT2D eigenvalue weighted by atomic mass is 15.2. The van der Waals surface area contributed by atoms with Crippen LogP contribution in [0.1, 0.15) is 43.5 Å². The third-order valence-electron chi connectivity index (χ3n) is 4.70. The van der Waals surface area contributed by atoms with E-state index in [1.54, 1.807) is 0 Å². The summed E-state index contributed by atoms with van der Waals surface area (Å²) in [6, 6.07) is 9.31. The fourth-order valence-electron chi connectivity index (χ4n) is 3.63. The predicted octanol–water partition coefficient (Wildman–Crippen LogP) is 3.61. The van der Waals surface area contributed by atoms with Crippen molar-refractivity contribution in [3.63, 3.8) is 0 Å². The molecule has 114 valence electrons. The number of H-pyrrole nitrogens is 1. The Labute approximate surface area is 127 Å². The maximum absolute atomic E-state index is 3.58. The number of piperazine rings is 1. The van der Waals surface area contributed by atoms with E-state index in [4.69, 9.17) is 0 Å². The van der Waals surface area contributed by atoms with Gasteiger partial charge in [-0.25, -0.2) is 0 Å². The van der Waals surface area contributed by atoms with Crippen molar-refractivity contribution < 1.29 is 0 Å². The van der Waals surface area contributed by atoms with E-state index in [1.807, 2.05) is 0 Å².